The molecule has 0 aliphatic rings. The van der Waals surface area contributed by atoms with Crippen molar-refractivity contribution in [2.45, 2.75) is 6.54 Å². The number of ether oxygens (including phenoxy) is 2. The Balaban J connectivity index is 2.42. The summed E-state index contributed by atoms with van der Waals surface area (Å²) in [5.74, 6) is 0.488. The Hall–Kier alpha value is -1.18. The fraction of sp³-hybridized carbons (Fsp3) is 0.286. The Morgan fingerprint density at radius 1 is 1.29 bits per heavy atom. The molecule has 1 aromatic carbocycles. The zero-order valence-corrected chi connectivity index (χ0v) is 14.8. The maximum atomic E-state index is 12.8. The summed E-state index contributed by atoms with van der Waals surface area (Å²) in [5.41, 5.74) is 1.01. The molecule has 0 aliphatic carbocycles. The minimum Gasteiger partial charge on any atom is -0.497 e. The number of carbonyl (C=O) groups is 1. The van der Waals surface area contributed by atoms with Gasteiger partial charge in [0.1, 0.15) is 11.4 Å². The third-order valence-corrected chi connectivity index (χ3v) is 4.21. The largest absolute Gasteiger partial charge is 0.497 e. The molecule has 0 aliphatic heterocycles. The van der Waals surface area contributed by atoms with Crippen LogP contribution in [0.2, 0.25) is 0 Å². The van der Waals surface area contributed by atoms with Gasteiger partial charge in [0.2, 0.25) is 5.78 Å². The number of rotatable bonds is 6. The average molecular weight is 418 g/mol. The topological polar surface area (TPSA) is 53.4 Å². The number of carbonyl (C=O) groups excluding carboxylic acids is 1. The van der Waals surface area contributed by atoms with Crippen molar-refractivity contribution >= 4 is 37.6 Å². The predicted molar refractivity (Wildman–Crippen MR) is 85.9 cm³/mol. The van der Waals surface area contributed by atoms with E-state index in [0.29, 0.717) is 39.1 Å². The van der Waals surface area contributed by atoms with Crippen LogP contribution in [-0.4, -0.2) is 36.4 Å². The van der Waals surface area contributed by atoms with Gasteiger partial charge in [0, 0.05) is 17.1 Å². The number of methoxy groups -OCH3 is 2. The van der Waals surface area contributed by atoms with E-state index in [1.807, 2.05) is 0 Å². The van der Waals surface area contributed by atoms with Crippen molar-refractivity contribution in [2.24, 2.45) is 0 Å². The van der Waals surface area contributed by atoms with Crippen molar-refractivity contribution in [2.75, 3.05) is 20.8 Å². The van der Waals surface area contributed by atoms with E-state index in [4.69, 9.17) is 9.47 Å². The zero-order valence-electron chi connectivity index (χ0n) is 11.6. The fourth-order valence-electron chi connectivity index (χ4n) is 1.87. The standard InChI is InChI=1S/C14H14Br2N2O3/c1-20-6-5-18-13(12(16)8-17-18)14(19)10-7-9(21-2)3-4-11(10)15/h3-4,7-8H,5-6H2,1-2H3. The van der Waals surface area contributed by atoms with Gasteiger partial charge in [0.25, 0.3) is 0 Å². The molecule has 0 saturated heterocycles. The highest BCUT2D eigenvalue weighted by atomic mass is 79.9. The highest BCUT2D eigenvalue weighted by Gasteiger charge is 2.21. The molecular formula is C14H14Br2N2O3. The first-order chi connectivity index (χ1) is 10.1. The van der Waals surface area contributed by atoms with Gasteiger partial charge < -0.3 is 9.47 Å². The predicted octanol–water partition coefficient (Wildman–Crippen LogP) is 3.29. The van der Waals surface area contributed by atoms with E-state index >= 15 is 0 Å². The molecule has 0 fully saturated rings. The lowest BCUT2D eigenvalue weighted by atomic mass is 10.1. The Morgan fingerprint density at radius 2 is 2.05 bits per heavy atom. The van der Waals surface area contributed by atoms with Crippen LogP contribution in [0, 0.1) is 0 Å². The third-order valence-electron chi connectivity index (χ3n) is 2.94. The molecule has 0 bridgehead atoms. The molecule has 0 atom stereocenters. The minimum absolute atomic E-state index is 0.138. The highest BCUT2D eigenvalue weighted by Crippen LogP contribution is 2.27. The van der Waals surface area contributed by atoms with E-state index in [2.05, 4.69) is 37.0 Å². The number of ketones is 1. The number of hydrogen-bond donors (Lipinski definition) is 0. The molecule has 21 heavy (non-hydrogen) atoms. The first-order valence-electron chi connectivity index (χ1n) is 6.17. The molecule has 112 valence electrons. The van der Waals surface area contributed by atoms with E-state index in [0.717, 1.165) is 0 Å². The van der Waals surface area contributed by atoms with E-state index < -0.39 is 0 Å². The van der Waals surface area contributed by atoms with Gasteiger partial charge in [-0.3, -0.25) is 9.48 Å². The third kappa shape index (κ3) is 3.53. The summed E-state index contributed by atoms with van der Waals surface area (Å²) >= 11 is 6.78. The second-order valence-electron chi connectivity index (χ2n) is 4.23. The second-order valence-corrected chi connectivity index (χ2v) is 5.94. The Labute approximate surface area is 139 Å². The van der Waals surface area contributed by atoms with Crippen LogP contribution in [0.15, 0.2) is 33.3 Å². The van der Waals surface area contributed by atoms with Crippen LogP contribution >= 0.6 is 31.9 Å². The Bertz CT molecular complexity index is 656. The number of hydrogen-bond acceptors (Lipinski definition) is 4. The van der Waals surface area contributed by atoms with Crippen LogP contribution in [0.4, 0.5) is 0 Å². The van der Waals surface area contributed by atoms with Gasteiger partial charge in [-0.25, -0.2) is 0 Å². The van der Waals surface area contributed by atoms with Gasteiger partial charge >= 0.3 is 0 Å². The molecule has 0 amide bonds. The molecule has 2 rings (SSSR count). The molecule has 2 aromatic rings. The molecule has 5 nitrogen and oxygen atoms in total. The van der Waals surface area contributed by atoms with Crippen LogP contribution < -0.4 is 4.74 Å². The van der Waals surface area contributed by atoms with Crippen molar-refractivity contribution in [3.63, 3.8) is 0 Å². The van der Waals surface area contributed by atoms with Gasteiger partial charge in [0.05, 0.1) is 30.9 Å². The summed E-state index contributed by atoms with van der Waals surface area (Å²) in [6.45, 7) is 0.985. The minimum atomic E-state index is -0.138. The van der Waals surface area contributed by atoms with Crippen LogP contribution in [0.5, 0.6) is 5.75 Å². The maximum absolute atomic E-state index is 12.8. The summed E-state index contributed by atoms with van der Waals surface area (Å²) in [4.78, 5) is 12.8. The van der Waals surface area contributed by atoms with Gasteiger partial charge in [-0.1, -0.05) is 15.9 Å². The second kappa shape index (κ2) is 7.20. The van der Waals surface area contributed by atoms with Crippen molar-refractivity contribution in [3.05, 3.63) is 44.6 Å². The number of halogens is 2. The lowest BCUT2D eigenvalue weighted by Gasteiger charge is -2.09. The molecule has 1 heterocycles. The zero-order chi connectivity index (χ0) is 15.4. The molecule has 0 saturated carbocycles. The number of benzene rings is 1. The summed E-state index contributed by atoms with van der Waals surface area (Å²) in [7, 11) is 3.18. The van der Waals surface area contributed by atoms with Crippen molar-refractivity contribution in [1.82, 2.24) is 9.78 Å². The van der Waals surface area contributed by atoms with Gasteiger partial charge in [-0.05, 0) is 34.1 Å². The monoisotopic (exact) mass is 416 g/mol. The summed E-state index contributed by atoms with van der Waals surface area (Å²) in [6, 6.07) is 5.28. The van der Waals surface area contributed by atoms with Crippen molar-refractivity contribution < 1.29 is 14.3 Å². The number of aromatic nitrogens is 2. The average Bonchev–Trinajstić information content (AvgIpc) is 2.86. The van der Waals surface area contributed by atoms with Crippen molar-refractivity contribution in [1.29, 1.82) is 0 Å². The van der Waals surface area contributed by atoms with Crippen LogP contribution in [-0.2, 0) is 11.3 Å². The van der Waals surface area contributed by atoms with E-state index in [9.17, 15) is 4.79 Å². The van der Waals surface area contributed by atoms with Gasteiger partial charge in [-0.2, -0.15) is 5.10 Å². The van der Waals surface area contributed by atoms with Gasteiger partial charge in [0.15, 0.2) is 0 Å². The molecule has 0 spiro atoms. The summed E-state index contributed by atoms with van der Waals surface area (Å²) in [6.07, 6.45) is 1.61. The molecule has 7 heteroatoms. The van der Waals surface area contributed by atoms with E-state index in [1.54, 1.807) is 43.3 Å². The SMILES string of the molecule is COCCn1ncc(Br)c1C(=O)c1cc(OC)ccc1Br. The molecule has 0 unspecified atom stereocenters. The lowest BCUT2D eigenvalue weighted by molar-refractivity contribution is 0.102. The van der Waals surface area contributed by atoms with E-state index in [-0.39, 0.29) is 5.78 Å². The molecule has 0 radical (unpaired) electrons. The summed E-state index contributed by atoms with van der Waals surface area (Å²) in [5, 5.41) is 4.19. The summed E-state index contributed by atoms with van der Waals surface area (Å²) < 4.78 is 13.2. The van der Waals surface area contributed by atoms with Gasteiger partial charge in [-0.15, -0.1) is 0 Å². The highest BCUT2D eigenvalue weighted by molar-refractivity contribution is 9.10. The lowest BCUT2D eigenvalue weighted by Crippen LogP contribution is -2.15. The molecular weight excluding hydrogens is 404 g/mol. The van der Waals surface area contributed by atoms with E-state index in [1.165, 1.54) is 0 Å². The van der Waals surface area contributed by atoms with Crippen LogP contribution in [0.1, 0.15) is 16.1 Å². The number of nitrogens with zero attached hydrogens (tertiary/aromatic N) is 2. The Kier molecular flexibility index (Phi) is 5.55. The molecule has 0 N–H and O–H groups in total. The van der Waals surface area contributed by atoms with Crippen LogP contribution in [0.3, 0.4) is 0 Å². The van der Waals surface area contributed by atoms with Crippen molar-refractivity contribution in [3.8, 4) is 5.75 Å². The van der Waals surface area contributed by atoms with Crippen LogP contribution in [0.25, 0.3) is 0 Å². The smallest absolute Gasteiger partial charge is 0.213 e. The quantitative estimate of drug-likeness (QED) is 0.676. The molecule has 1 aromatic heterocycles. The Morgan fingerprint density at radius 3 is 2.71 bits per heavy atom. The first-order valence-corrected chi connectivity index (χ1v) is 7.75. The normalized spacial score (nSPS) is 10.7. The fourth-order valence-corrected chi connectivity index (χ4v) is 2.77. The first kappa shape index (κ1) is 16.2. The maximum Gasteiger partial charge on any atom is 0.213 e.